The highest BCUT2D eigenvalue weighted by Gasteiger charge is 2.11. The molecule has 0 radical (unpaired) electrons. The first kappa shape index (κ1) is 14.9. The number of nitriles is 1. The molecule has 2 aromatic rings. The van der Waals surface area contributed by atoms with E-state index >= 15 is 0 Å². The molecule has 1 amide bonds. The van der Waals surface area contributed by atoms with Gasteiger partial charge in [0.05, 0.1) is 21.3 Å². The molecule has 0 heterocycles. The summed E-state index contributed by atoms with van der Waals surface area (Å²) in [5.41, 5.74) is 1.17. The van der Waals surface area contributed by atoms with Crippen molar-refractivity contribution in [3.8, 4) is 6.07 Å². The molecule has 0 aliphatic rings. The van der Waals surface area contributed by atoms with Crippen LogP contribution in [0.1, 0.15) is 15.9 Å². The summed E-state index contributed by atoms with van der Waals surface area (Å²) < 4.78 is 0.765. The summed E-state index contributed by atoms with van der Waals surface area (Å²) in [5.74, 6) is -0.359. The Morgan fingerprint density at radius 2 is 1.90 bits per heavy atom. The Labute approximate surface area is 134 Å². The molecular weight excluding hydrogens is 363 g/mol. The first-order chi connectivity index (χ1) is 9.51. The SMILES string of the molecule is N#Cc1cc(Br)ccc1NC(=O)c1ccc(Cl)c(Cl)c1. The van der Waals surface area contributed by atoms with Gasteiger partial charge in [-0.2, -0.15) is 5.26 Å². The van der Waals surface area contributed by atoms with Crippen LogP contribution in [0.4, 0.5) is 5.69 Å². The lowest BCUT2D eigenvalue weighted by molar-refractivity contribution is 0.102. The third-order valence-electron chi connectivity index (χ3n) is 2.53. The van der Waals surface area contributed by atoms with Crippen LogP contribution < -0.4 is 5.32 Å². The van der Waals surface area contributed by atoms with Gasteiger partial charge in [-0.1, -0.05) is 39.1 Å². The number of hydrogen-bond donors (Lipinski definition) is 1. The van der Waals surface area contributed by atoms with Gasteiger partial charge in [-0.05, 0) is 36.4 Å². The van der Waals surface area contributed by atoms with Gasteiger partial charge in [-0.3, -0.25) is 4.79 Å². The van der Waals surface area contributed by atoms with Gasteiger partial charge in [0.1, 0.15) is 6.07 Å². The Bertz CT molecular complexity index is 726. The van der Waals surface area contributed by atoms with Crippen LogP contribution in [0.3, 0.4) is 0 Å². The van der Waals surface area contributed by atoms with Gasteiger partial charge < -0.3 is 5.32 Å². The predicted octanol–water partition coefficient (Wildman–Crippen LogP) is 4.88. The topological polar surface area (TPSA) is 52.9 Å². The highest BCUT2D eigenvalue weighted by atomic mass is 79.9. The fraction of sp³-hybridized carbons (Fsp3) is 0. The van der Waals surface area contributed by atoms with Crippen molar-refractivity contribution in [3.05, 3.63) is 62.0 Å². The van der Waals surface area contributed by atoms with E-state index in [4.69, 9.17) is 28.5 Å². The molecule has 6 heteroatoms. The molecule has 100 valence electrons. The molecule has 0 saturated heterocycles. The molecule has 0 aliphatic heterocycles. The number of nitrogens with zero attached hydrogens (tertiary/aromatic N) is 1. The summed E-state index contributed by atoms with van der Waals surface area (Å²) in [6, 6.07) is 11.6. The largest absolute Gasteiger partial charge is 0.321 e. The van der Waals surface area contributed by atoms with Gasteiger partial charge >= 0.3 is 0 Å². The van der Waals surface area contributed by atoms with Crippen LogP contribution in [-0.2, 0) is 0 Å². The van der Waals surface area contributed by atoms with Crippen LogP contribution in [0.25, 0.3) is 0 Å². The minimum absolute atomic E-state index is 0.302. The highest BCUT2D eigenvalue weighted by Crippen LogP contribution is 2.24. The van der Waals surface area contributed by atoms with Crippen LogP contribution in [0.5, 0.6) is 0 Å². The zero-order chi connectivity index (χ0) is 14.7. The fourth-order valence-electron chi connectivity index (χ4n) is 1.55. The van der Waals surface area contributed by atoms with E-state index in [0.717, 1.165) is 4.47 Å². The summed E-state index contributed by atoms with van der Waals surface area (Å²) in [4.78, 5) is 12.1. The number of anilines is 1. The highest BCUT2D eigenvalue weighted by molar-refractivity contribution is 9.10. The van der Waals surface area contributed by atoms with Gasteiger partial charge in [0.15, 0.2) is 0 Å². The third-order valence-corrected chi connectivity index (χ3v) is 3.76. The molecule has 3 nitrogen and oxygen atoms in total. The number of benzene rings is 2. The zero-order valence-corrected chi connectivity index (χ0v) is 13.1. The van der Waals surface area contributed by atoms with E-state index in [1.54, 1.807) is 30.3 Å². The maximum absolute atomic E-state index is 12.1. The smallest absolute Gasteiger partial charge is 0.255 e. The van der Waals surface area contributed by atoms with Crippen LogP contribution in [-0.4, -0.2) is 5.91 Å². The molecular formula is C14H7BrCl2N2O. The van der Waals surface area contributed by atoms with Crippen LogP contribution >= 0.6 is 39.1 Å². The van der Waals surface area contributed by atoms with Crippen molar-refractivity contribution in [2.45, 2.75) is 0 Å². The van der Waals surface area contributed by atoms with E-state index in [1.165, 1.54) is 6.07 Å². The molecule has 0 aromatic heterocycles. The van der Waals surface area contributed by atoms with Crippen molar-refractivity contribution < 1.29 is 4.79 Å². The van der Waals surface area contributed by atoms with Crippen molar-refractivity contribution in [2.75, 3.05) is 5.32 Å². The van der Waals surface area contributed by atoms with Crippen molar-refractivity contribution in [3.63, 3.8) is 0 Å². The van der Waals surface area contributed by atoms with Crippen LogP contribution in [0, 0.1) is 11.3 Å². The Hall–Kier alpha value is -1.54. The lowest BCUT2D eigenvalue weighted by Crippen LogP contribution is -2.12. The molecule has 0 aliphatic carbocycles. The Morgan fingerprint density at radius 3 is 2.55 bits per heavy atom. The first-order valence-corrected chi connectivity index (χ1v) is 7.02. The summed E-state index contributed by atoms with van der Waals surface area (Å²) in [7, 11) is 0. The number of rotatable bonds is 2. The Kier molecular flexibility index (Phi) is 4.66. The monoisotopic (exact) mass is 368 g/mol. The van der Waals surface area contributed by atoms with Crippen molar-refractivity contribution in [1.82, 2.24) is 0 Å². The normalized spacial score (nSPS) is 9.90. The van der Waals surface area contributed by atoms with Crippen LogP contribution in [0.2, 0.25) is 10.0 Å². The summed E-state index contributed by atoms with van der Waals surface area (Å²) in [5, 5.41) is 12.4. The second-order valence-electron chi connectivity index (χ2n) is 3.88. The van der Waals surface area contributed by atoms with Gasteiger partial charge in [-0.25, -0.2) is 0 Å². The lowest BCUT2D eigenvalue weighted by Gasteiger charge is -2.08. The second-order valence-corrected chi connectivity index (χ2v) is 5.61. The lowest BCUT2D eigenvalue weighted by atomic mass is 10.1. The maximum atomic E-state index is 12.1. The number of nitrogens with one attached hydrogen (secondary N) is 1. The van der Waals surface area contributed by atoms with Gasteiger partial charge in [0, 0.05) is 10.0 Å². The molecule has 0 atom stereocenters. The van der Waals surface area contributed by atoms with E-state index in [9.17, 15) is 4.79 Å². The number of amides is 1. The maximum Gasteiger partial charge on any atom is 0.255 e. The van der Waals surface area contributed by atoms with Crippen molar-refractivity contribution in [2.24, 2.45) is 0 Å². The van der Waals surface area contributed by atoms with Gasteiger partial charge in [0.2, 0.25) is 0 Å². The van der Waals surface area contributed by atoms with E-state index < -0.39 is 0 Å². The predicted molar refractivity (Wildman–Crippen MR) is 83.3 cm³/mol. The quantitative estimate of drug-likeness (QED) is 0.820. The molecule has 0 bridgehead atoms. The Morgan fingerprint density at radius 1 is 1.15 bits per heavy atom. The molecule has 2 aromatic carbocycles. The molecule has 0 unspecified atom stereocenters. The molecule has 2 rings (SSSR count). The number of carbonyl (C=O) groups excluding carboxylic acids is 1. The minimum Gasteiger partial charge on any atom is -0.321 e. The zero-order valence-electron chi connectivity index (χ0n) is 9.95. The Balaban J connectivity index is 2.28. The standard InChI is InChI=1S/C14H7BrCl2N2O/c15-10-2-4-13(9(5-10)7-18)19-14(20)8-1-3-11(16)12(17)6-8/h1-6H,(H,19,20). The summed E-state index contributed by atoms with van der Waals surface area (Å²) >= 11 is 14.9. The van der Waals surface area contributed by atoms with E-state index in [2.05, 4.69) is 21.2 Å². The molecule has 0 fully saturated rings. The van der Waals surface area contributed by atoms with E-state index in [0.29, 0.717) is 26.9 Å². The molecule has 20 heavy (non-hydrogen) atoms. The number of carbonyl (C=O) groups is 1. The average molecular weight is 370 g/mol. The van der Waals surface area contributed by atoms with E-state index in [-0.39, 0.29) is 5.91 Å². The van der Waals surface area contributed by atoms with Crippen LogP contribution in [0.15, 0.2) is 40.9 Å². The van der Waals surface area contributed by atoms with Crippen molar-refractivity contribution in [1.29, 1.82) is 5.26 Å². The minimum atomic E-state index is -0.359. The second kappa shape index (κ2) is 6.27. The summed E-state index contributed by atoms with van der Waals surface area (Å²) in [6.45, 7) is 0. The average Bonchev–Trinajstić information content (AvgIpc) is 2.43. The number of halogens is 3. The molecule has 0 spiro atoms. The number of hydrogen-bond acceptors (Lipinski definition) is 2. The molecule has 0 saturated carbocycles. The summed E-state index contributed by atoms with van der Waals surface area (Å²) in [6.07, 6.45) is 0. The first-order valence-electron chi connectivity index (χ1n) is 5.47. The third kappa shape index (κ3) is 3.31. The fourth-order valence-corrected chi connectivity index (χ4v) is 2.21. The molecule has 1 N–H and O–H groups in total. The van der Waals surface area contributed by atoms with Crippen molar-refractivity contribution >= 4 is 50.7 Å². The van der Waals surface area contributed by atoms with Gasteiger partial charge in [-0.15, -0.1) is 0 Å². The van der Waals surface area contributed by atoms with E-state index in [1.807, 2.05) is 6.07 Å². The van der Waals surface area contributed by atoms with Gasteiger partial charge in [0.25, 0.3) is 5.91 Å².